The quantitative estimate of drug-likeness (QED) is 0.574. The molecule has 3 saturated heterocycles. The van der Waals surface area contributed by atoms with Crippen LogP contribution in [-0.2, 0) is 4.79 Å². The van der Waals surface area contributed by atoms with E-state index >= 15 is 0 Å². The number of rotatable bonds is 1. The molecule has 68 valence electrons. The summed E-state index contributed by atoms with van der Waals surface area (Å²) in [6.45, 7) is 4.71. The number of hydrogen-bond acceptors (Lipinski definition) is 3. The standard InChI is InChI=1S/C8H14N2O2/c11-8(12)7-6-9-2-1-3-10(7)5-4-9/h7H,1-6H2,(H,11,12). The van der Waals surface area contributed by atoms with Gasteiger partial charge in [-0.2, -0.15) is 0 Å². The van der Waals surface area contributed by atoms with Crippen molar-refractivity contribution in [3.8, 4) is 0 Å². The zero-order chi connectivity index (χ0) is 8.55. The number of nitrogens with zero attached hydrogens (tertiary/aromatic N) is 2. The Hall–Kier alpha value is -0.610. The van der Waals surface area contributed by atoms with Gasteiger partial charge in [0.1, 0.15) is 6.04 Å². The summed E-state index contributed by atoms with van der Waals surface area (Å²) in [5.74, 6) is -0.665. The molecule has 0 radical (unpaired) electrons. The fourth-order valence-electron chi connectivity index (χ4n) is 2.08. The second-order valence-corrected chi connectivity index (χ2v) is 3.54. The summed E-state index contributed by atoms with van der Waals surface area (Å²) in [7, 11) is 0. The summed E-state index contributed by atoms with van der Waals surface area (Å²) in [6.07, 6.45) is 1.11. The highest BCUT2D eigenvalue weighted by atomic mass is 16.4. The average molecular weight is 170 g/mol. The predicted octanol–water partition coefficient (Wildman–Crippen LogP) is -0.539. The molecule has 0 aromatic rings. The molecule has 0 aromatic carbocycles. The van der Waals surface area contributed by atoms with E-state index in [1.807, 2.05) is 0 Å². The Morgan fingerprint density at radius 3 is 2.83 bits per heavy atom. The van der Waals surface area contributed by atoms with Gasteiger partial charge in [-0.25, -0.2) is 0 Å². The van der Waals surface area contributed by atoms with E-state index in [2.05, 4.69) is 9.80 Å². The van der Waals surface area contributed by atoms with Gasteiger partial charge in [0.15, 0.2) is 0 Å². The smallest absolute Gasteiger partial charge is 0.322 e. The minimum absolute atomic E-state index is 0.249. The predicted molar refractivity (Wildman–Crippen MR) is 44.1 cm³/mol. The molecule has 3 heterocycles. The first-order valence-corrected chi connectivity index (χ1v) is 4.46. The van der Waals surface area contributed by atoms with Gasteiger partial charge in [-0.3, -0.25) is 14.6 Å². The van der Waals surface area contributed by atoms with Crippen molar-refractivity contribution < 1.29 is 9.90 Å². The Kier molecular flexibility index (Phi) is 2.02. The zero-order valence-electron chi connectivity index (χ0n) is 7.07. The van der Waals surface area contributed by atoms with E-state index in [1.54, 1.807) is 0 Å². The maximum Gasteiger partial charge on any atom is 0.322 e. The number of hydrogen-bond donors (Lipinski definition) is 1. The molecule has 0 spiro atoms. The third-order valence-electron chi connectivity index (χ3n) is 2.78. The van der Waals surface area contributed by atoms with Crippen LogP contribution in [0.4, 0.5) is 0 Å². The van der Waals surface area contributed by atoms with E-state index < -0.39 is 5.97 Å². The molecule has 0 aromatic heterocycles. The minimum Gasteiger partial charge on any atom is -0.480 e. The second kappa shape index (κ2) is 3.03. The molecule has 3 aliphatic rings. The monoisotopic (exact) mass is 170 g/mol. The Bertz CT molecular complexity index is 191. The maximum atomic E-state index is 10.8. The minimum atomic E-state index is -0.665. The summed E-state index contributed by atoms with van der Waals surface area (Å²) in [6, 6.07) is -0.249. The first-order chi connectivity index (χ1) is 5.77. The van der Waals surface area contributed by atoms with E-state index in [0.717, 1.165) is 39.1 Å². The Labute approximate surface area is 71.8 Å². The zero-order valence-corrected chi connectivity index (χ0v) is 7.07. The van der Waals surface area contributed by atoms with Gasteiger partial charge >= 0.3 is 5.97 Å². The molecule has 0 aliphatic carbocycles. The SMILES string of the molecule is O=C(O)C1CN2CCCN1CC2. The molecule has 2 bridgehead atoms. The Balaban J connectivity index is 2.11. The largest absolute Gasteiger partial charge is 0.480 e. The molecular weight excluding hydrogens is 156 g/mol. The molecule has 3 atom stereocenters. The van der Waals surface area contributed by atoms with Gasteiger partial charge in [-0.1, -0.05) is 0 Å². The molecule has 4 nitrogen and oxygen atoms in total. The number of carboxylic acid groups (broad SMARTS) is 1. The van der Waals surface area contributed by atoms with Crippen LogP contribution in [0.25, 0.3) is 0 Å². The summed E-state index contributed by atoms with van der Waals surface area (Å²) in [5, 5.41) is 8.92. The average Bonchev–Trinajstić information content (AvgIpc) is 2.36. The third-order valence-corrected chi connectivity index (χ3v) is 2.78. The molecular formula is C8H14N2O2. The van der Waals surface area contributed by atoms with Crippen molar-refractivity contribution in [2.75, 3.05) is 32.7 Å². The maximum absolute atomic E-state index is 10.8. The van der Waals surface area contributed by atoms with Crippen molar-refractivity contribution in [2.45, 2.75) is 12.5 Å². The van der Waals surface area contributed by atoms with Crippen molar-refractivity contribution in [1.82, 2.24) is 9.80 Å². The summed E-state index contributed by atoms with van der Waals surface area (Å²) in [5.41, 5.74) is 0. The molecule has 12 heavy (non-hydrogen) atoms. The number of carbonyl (C=O) groups is 1. The van der Waals surface area contributed by atoms with Gasteiger partial charge in [0.05, 0.1) is 0 Å². The van der Waals surface area contributed by atoms with Crippen molar-refractivity contribution in [1.29, 1.82) is 0 Å². The molecule has 4 heteroatoms. The fraction of sp³-hybridized carbons (Fsp3) is 0.875. The number of aliphatic carboxylic acids is 1. The van der Waals surface area contributed by atoms with Crippen molar-refractivity contribution in [2.24, 2.45) is 0 Å². The van der Waals surface area contributed by atoms with Crippen LogP contribution < -0.4 is 0 Å². The highest BCUT2D eigenvalue weighted by Crippen LogP contribution is 2.15. The Morgan fingerprint density at radius 2 is 2.08 bits per heavy atom. The molecule has 0 saturated carbocycles. The molecule has 0 amide bonds. The normalized spacial score (nSPS) is 40.8. The highest BCUT2D eigenvalue weighted by molar-refractivity contribution is 5.74. The first kappa shape index (κ1) is 8.01. The third kappa shape index (κ3) is 1.32. The lowest BCUT2D eigenvalue weighted by Gasteiger charge is -2.34. The van der Waals surface area contributed by atoms with Crippen LogP contribution in [-0.4, -0.2) is 59.6 Å². The lowest BCUT2D eigenvalue weighted by atomic mass is 10.2. The van der Waals surface area contributed by atoms with E-state index in [0.29, 0.717) is 0 Å². The summed E-state index contributed by atoms with van der Waals surface area (Å²) < 4.78 is 0. The van der Waals surface area contributed by atoms with Crippen LogP contribution in [0.5, 0.6) is 0 Å². The van der Waals surface area contributed by atoms with Crippen LogP contribution in [0, 0.1) is 0 Å². The lowest BCUT2D eigenvalue weighted by molar-refractivity contribution is -0.144. The molecule has 1 N–H and O–H groups in total. The van der Waals surface area contributed by atoms with Crippen LogP contribution in [0.1, 0.15) is 6.42 Å². The van der Waals surface area contributed by atoms with Gasteiger partial charge in [0.2, 0.25) is 0 Å². The van der Waals surface area contributed by atoms with E-state index in [1.165, 1.54) is 0 Å². The van der Waals surface area contributed by atoms with Crippen LogP contribution in [0.3, 0.4) is 0 Å². The van der Waals surface area contributed by atoms with E-state index in [9.17, 15) is 4.79 Å². The van der Waals surface area contributed by atoms with Crippen LogP contribution in [0.15, 0.2) is 0 Å². The number of piperazine rings is 1. The molecule has 3 unspecified atom stereocenters. The van der Waals surface area contributed by atoms with Crippen molar-refractivity contribution in [3.63, 3.8) is 0 Å². The second-order valence-electron chi connectivity index (χ2n) is 3.54. The van der Waals surface area contributed by atoms with Crippen molar-refractivity contribution >= 4 is 5.97 Å². The van der Waals surface area contributed by atoms with Gasteiger partial charge in [-0.05, 0) is 13.0 Å². The summed E-state index contributed by atoms with van der Waals surface area (Å²) in [4.78, 5) is 15.2. The fourth-order valence-corrected chi connectivity index (χ4v) is 2.08. The molecule has 3 aliphatic heterocycles. The first-order valence-electron chi connectivity index (χ1n) is 4.46. The van der Waals surface area contributed by atoms with E-state index in [4.69, 9.17) is 5.11 Å². The molecule has 3 rings (SSSR count). The van der Waals surface area contributed by atoms with E-state index in [-0.39, 0.29) is 6.04 Å². The Morgan fingerprint density at radius 1 is 1.25 bits per heavy atom. The highest BCUT2D eigenvalue weighted by Gasteiger charge is 2.33. The van der Waals surface area contributed by atoms with Gasteiger partial charge in [0, 0.05) is 26.2 Å². The topological polar surface area (TPSA) is 43.8 Å². The van der Waals surface area contributed by atoms with Crippen LogP contribution >= 0.6 is 0 Å². The van der Waals surface area contributed by atoms with Crippen molar-refractivity contribution in [3.05, 3.63) is 0 Å². The van der Waals surface area contributed by atoms with Crippen LogP contribution in [0.2, 0.25) is 0 Å². The number of carboxylic acids is 1. The van der Waals surface area contributed by atoms with Gasteiger partial charge < -0.3 is 5.11 Å². The lowest BCUT2D eigenvalue weighted by Crippen LogP contribution is -2.53. The summed E-state index contributed by atoms with van der Waals surface area (Å²) >= 11 is 0. The molecule has 3 fully saturated rings. The van der Waals surface area contributed by atoms with Gasteiger partial charge in [0.25, 0.3) is 0 Å². The number of fused-ring (bicyclic) bond motifs is 4. The van der Waals surface area contributed by atoms with Gasteiger partial charge in [-0.15, -0.1) is 0 Å².